The standard InChI is InChI=1S/C9H18N2O/c1-12-6-8-5-11(10)7-9(8)3-2-4-9/h8H,2-7,10H2,1H3. The van der Waals surface area contributed by atoms with Gasteiger partial charge in [-0.25, -0.2) is 5.01 Å². The maximum absolute atomic E-state index is 5.82. The number of methoxy groups -OCH3 is 1. The summed E-state index contributed by atoms with van der Waals surface area (Å²) < 4.78 is 5.22. The molecule has 70 valence electrons. The lowest BCUT2D eigenvalue weighted by molar-refractivity contribution is 0.0368. The van der Waals surface area contributed by atoms with Gasteiger partial charge in [0.2, 0.25) is 0 Å². The molecular formula is C9H18N2O. The predicted octanol–water partition coefficient (Wildman–Crippen LogP) is 0.609. The van der Waals surface area contributed by atoms with Crippen LogP contribution in [0.15, 0.2) is 0 Å². The van der Waals surface area contributed by atoms with Crippen molar-refractivity contribution < 1.29 is 4.74 Å². The molecule has 0 aromatic carbocycles. The molecule has 1 saturated carbocycles. The third-order valence-electron chi connectivity index (χ3n) is 3.56. The highest BCUT2D eigenvalue weighted by Crippen LogP contribution is 2.50. The molecule has 1 unspecified atom stereocenters. The maximum atomic E-state index is 5.82. The van der Waals surface area contributed by atoms with Crippen LogP contribution in [0.2, 0.25) is 0 Å². The summed E-state index contributed by atoms with van der Waals surface area (Å²) in [6, 6.07) is 0. The molecule has 0 aromatic heterocycles. The molecule has 1 spiro atoms. The quantitative estimate of drug-likeness (QED) is 0.617. The molecule has 0 radical (unpaired) electrons. The highest BCUT2D eigenvalue weighted by molar-refractivity contribution is 5.00. The third kappa shape index (κ3) is 1.16. The number of rotatable bonds is 2. The van der Waals surface area contributed by atoms with Crippen LogP contribution in [0, 0.1) is 11.3 Å². The summed E-state index contributed by atoms with van der Waals surface area (Å²) in [5, 5.41) is 1.96. The van der Waals surface area contributed by atoms with E-state index >= 15 is 0 Å². The Morgan fingerprint density at radius 1 is 1.58 bits per heavy atom. The van der Waals surface area contributed by atoms with Crippen molar-refractivity contribution >= 4 is 0 Å². The molecule has 2 rings (SSSR count). The first-order valence-corrected chi connectivity index (χ1v) is 4.75. The van der Waals surface area contributed by atoms with E-state index in [1.54, 1.807) is 7.11 Å². The summed E-state index contributed by atoms with van der Waals surface area (Å²) in [5.74, 6) is 6.50. The normalized spacial score (nSPS) is 34.0. The Balaban J connectivity index is 2.00. The van der Waals surface area contributed by atoms with Crippen molar-refractivity contribution in [3.05, 3.63) is 0 Å². The Bertz CT molecular complexity index is 168. The van der Waals surface area contributed by atoms with Crippen molar-refractivity contribution in [3.8, 4) is 0 Å². The fourth-order valence-electron chi connectivity index (χ4n) is 2.70. The second-order valence-corrected chi connectivity index (χ2v) is 4.30. The van der Waals surface area contributed by atoms with Gasteiger partial charge < -0.3 is 4.74 Å². The summed E-state index contributed by atoms with van der Waals surface area (Å²) in [5.41, 5.74) is 0.533. The van der Waals surface area contributed by atoms with Crippen molar-refractivity contribution in [1.82, 2.24) is 5.01 Å². The number of nitrogens with zero attached hydrogens (tertiary/aromatic N) is 1. The van der Waals surface area contributed by atoms with Crippen LogP contribution in [0.4, 0.5) is 0 Å². The van der Waals surface area contributed by atoms with Gasteiger partial charge in [0.15, 0.2) is 0 Å². The Morgan fingerprint density at radius 3 is 2.83 bits per heavy atom. The average molecular weight is 170 g/mol. The fourth-order valence-corrected chi connectivity index (χ4v) is 2.70. The van der Waals surface area contributed by atoms with Gasteiger partial charge in [-0.1, -0.05) is 6.42 Å². The minimum Gasteiger partial charge on any atom is -0.384 e. The van der Waals surface area contributed by atoms with Gasteiger partial charge in [0.25, 0.3) is 0 Å². The number of hydrogen-bond donors (Lipinski definition) is 1. The van der Waals surface area contributed by atoms with Crippen LogP contribution in [0.3, 0.4) is 0 Å². The van der Waals surface area contributed by atoms with Crippen LogP contribution in [0.25, 0.3) is 0 Å². The Kier molecular flexibility index (Phi) is 2.10. The lowest BCUT2D eigenvalue weighted by Gasteiger charge is -2.42. The number of hydrazine groups is 1. The van der Waals surface area contributed by atoms with E-state index < -0.39 is 0 Å². The molecule has 0 bridgehead atoms. The molecular weight excluding hydrogens is 152 g/mol. The molecule has 1 aliphatic carbocycles. The highest BCUT2D eigenvalue weighted by Gasteiger charge is 2.49. The van der Waals surface area contributed by atoms with Crippen LogP contribution in [0.1, 0.15) is 19.3 Å². The van der Waals surface area contributed by atoms with Crippen molar-refractivity contribution in [2.75, 3.05) is 26.8 Å². The van der Waals surface area contributed by atoms with E-state index in [0.29, 0.717) is 11.3 Å². The lowest BCUT2D eigenvalue weighted by Crippen LogP contribution is -2.39. The fraction of sp³-hybridized carbons (Fsp3) is 1.00. The van der Waals surface area contributed by atoms with Crippen molar-refractivity contribution in [2.45, 2.75) is 19.3 Å². The van der Waals surface area contributed by atoms with E-state index in [9.17, 15) is 0 Å². The Morgan fingerprint density at radius 2 is 2.33 bits per heavy atom. The molecule has 1 heterocycles. The van der Waals surface area contributed by atoms with Crippen molar-refractivity contribution in [1.29, 1.82) is 0 Å². The van der Waals surface area contributed by atoms with Crippen LogP contribution in [-0.4, -0.2) is 31.8 Å². The van der Waals surface area contributed by atoms with Gasteiger partial charge in [0.1, 0.15) is 0 Å². The summed E-state index contributed by atoms with van der Waals surface area (Å²) in [6.45, 7) is 2.99. The first-order valence-electron chi connectivity index (χ1n) is 4.75. The summed E-state index contributed by atoms with van der Waals surface area (Å²) >= 11 is 0. The van der Waals surface area contributed by atoms with Crippen LogP contribution >= 0.6 is 0 Å². The van der Waals surface area contributed by atoms with E-state index in [2.05, 4.69) is 0 Å². The Labute approximate surface area is 73.8 Å². The summed E-state index contributed by atoms with van der Waals surface area (Å²) in [7, 11) is 1.78. The van der Waals surface area contributed by atoms with Crippen LogP contribution < -0.4 is 5.84 Å². The predicted molar refractivity (Wildman–Crippen MR) is 47.4 cm³/mol. The summed E-state index contributed by atoms with van der Waals surface area (Å²) in [4.78, 5) is 0. The monoisotopic (exact) mass is 170 g/mol. The topological polar surface area (TPSA) is 38.5 Å². The average Bonchev–Trinajstić information content (AvgIpc) is 2.27. The third-order valence-corrected chi connectivity index (χ3v) is 3.56. The molecule has 2 N–H and O–H groups in total. The zero-order valence-electron chi connectivity index (χ0n) is 7.75. The van der Waals surface area contributed by atoms with Gasteiger partial charge in [-0.05, 0) is 18.3 Å². The first kappa shape index (κ1) is 8.48. The molecule has 1 atom stereocenters. The molecule has 0 amide bonds. The Hall–Kier alpha value is -0.120. The van der Waals surface area contributed by atoms with Gasteiger partial charge in [-0.2, -0.15) is 0 Å². The van der Waals surface area contributed by atoms with Crippen molar-refractivity contribution in [2.24, 2.45) is 17.2 Å². The molecule has 3 nitrogen and oxygen atoms in total. The first-order chi connectivity index (χ1) is 5.77. The van der Waals surface area contributed by atoms with Gasteiger partial charge in [-0.3, -0.25) is 5.84 Å². The van der Waals surface area contributed by atoms with Gasteiger partial charge in [0, 0.05) is 26.1 Å². The molecule has 1 saturated heterocycles. The number of nitrogens with two attached hydrogens (primary N) is 1. The molecule has 12 heavy (non-hydrogen) atoms. The molecule has 1 aliphatic heterocycles. The minimum absolute atomic E-state index is 0.533. The lowest BCUT2D eigenvalue weighted by atomic mass is 9.63. The summed E-state index contributed by atoms with van der Waals surface area (Å²) in [6.07, 6.45) is 4.09. The van der Waals surface area contributed by atoms with E-state index in [4.69, 9.17) is 10.6 Å². The molecule has 2 aliphatic rings. The zero-order valence-corrected chi connectivity index (χ0v) is 7.75. The largest absolute Gasteiger partial charge is 0.384 e. The van der Waals surface area contributed by atoms with E-state index in [1.165, 1.54) is 19.3 Å². The second kappa shape index (κ2) is 2.98. The smallest absolute Gasteiger partial charge is 0.0509 e. The molecule has 0 aromatic rings. The van der Waals surface area contributed by atoms with Crippen molar-refractivity contribution in [3.63, 3.8) is 0 Å². The van der Waals surface area contributed by atoms with Gasteiger partial charge >= 0.3 is 0 Å². The second-order valence-electron chi connectivity index (χ2n) is 4.30. The van der Waals surface area contributed by atoms with E-state index in [1.807, 2.05) is 5.01 Å². The van der Waals surface area contributed by atoms with E-state index in [0.717, 1.165) is 19.7 Å². The SMILES string of the molecule is COCC1CN(N)CC12CCC2. The van der Waals surface area contributed by atoms with Gasteiger partial charge in [-0.15, -0.1) is 0 Å². The minimum atomic E-state index is 0.533. The molecule has 3 heteroatoms. The van der Waals surface area contributed by atoms with Crippen LogP contribution in [-0.2, 0) is 4.74 Å². The molecule has 2 fully saturated rings. The van der Waals surface area contributed by atoms with E-state index in [-0.39, 0.29) is 0 Å². The van der Waals surface area contributed by atoms with Crippen LogP contribution in [0.5, 0.6) is 0 Å². The van der Waals surface area contributed by atoms with Gasteiger partial charge in [0.05, 0.1) is 6.61 Å². The maximum Gasteiger partial charge on any atom is 0.0509 e. The zero-order chi connectivity index (χ0) is 8.60. The highest BCUT2D eigenvalue weighted by atomic mass is 16.5. The number of ether oxygens (including phenoxy) is 1. The number of hydrogen-bond acceptors (Lipinski definition) is 3.